The van der Waals surface area contributed by atoms with Gasteiger partial charge in [0.05, 0.1) is 31.6 Å². The summed E-state index contributed by atoms with van der Waals surface area (Å²) < 4.78 is 18.0. The molecule has 1 aromatic carbocycles. The molecule has 0 saturated carbocycles. The minimum atomic E-state index is 0.151. The molecule has 2 aromatic rings. The fraction of sp³-hybridized carbons (Fsp3) is 0.524. The number of aromatic nitrogens is 2. The van der Waals surface area contributed by atoms with Gasteiger partial charge in [0.15, 0.2) is 5.96 Å². The highest BCUT2D eigenvalue weighted by Crippen LogP contribution is 2.17. The topological polar surface area (TPSA) is 81.9 Å². The first-order chi connectivity index (χ1) is 14.1. The summed E-state index contributed by atoms with van der Waals surface area (Å²) in [6.07, 6.45) is 2.80. The Morgan fingerprint density at radius 2 is 1.93 bits per heavy atom. The minimum absolute atomic E-state index is 0.151. The molecule has 2 rings (SSSR count). The summed E-state index contributed by atoms with van der Waals surface area (Å²) in [5.74, 6) is 1.56. The van der Waals surface area contributed by atoms with Gasteiger partial charge in [0.2, 0.25) is 0 Å². The molecule has 160 valence electrons. The predicted molar refractivity (Wildman–Crippen MR) is 115 cm³/mol. The first-order valence-electron chi connectivity index (χ1n) is 9.94. The number of guanidine groups is 1. The lowest BCUT2D eigenvalue weighted by Crippen LogP contribution is -2.32. The standard InChI is InChI=1S/C21H33N5O3/c1-17(2)29-20-8-6-18(7-9-20)25-21(22-11-5-13-28-15-14-27-4)23-16-19-10-12-24-26(19)3/h6-10,12,17H,5,11,13-16H2,1-4H3,(H2,22,23,25). The molecule has 0 amide bonds. The zero-order valence-electron chi connectivity index (χ0n) is 17.9. The molecule has 0 radical (unpaired) electrons. The Kier molecular flexibility index (Phi) is 10.0. The van der Waals surface area contributed by atoms with E-state index in [1.807, 2.05) is 55.9 Å². The van der Waals surface area contributed by atoms with Gasteiger partial charge in [-0.15, -0.1) is 0 Å². The van der Waals surface area contributed by atoms with E-state index in [1.54, 1.807) is 13.3 Å². The zero-order chi connectivity index (χ0) is 20.9. The summed E-state index contributed by atoms with van der Waals surface area (Å²) in [6.45, 7) is 7.20. The molecular formula is C21H33N5O3. The largest absolute Gasteiger partial charge is 0.491 e. The van der Waals surface area contributed by atoms with Crippen LogP contribution in [-0.4, -0.2) is 55.3 Å². The van der Waals surface area contributed by atoms with Gasteiger partial charge in [0.25, 0.3) is 0 Å². The maximum absolute atomic E-state index is 5.70. The predicted octanol–water partition coefficient (Wildman–Crippen LogP) is 2.82. The normalized spacial score (nSPS) is 11.7. The molecule has 8 nitrogen and oxygen atoms in total. The molecule has 0 spiro atoms. The summed E-state index contributed by atoms with van der Waals surface area (Å²) in [5, 5.41) is 10.9. The van der Waals surface area contributed by atoms with E-state index in [-0.39, 0.29) is 6.10 Å². The molecule has 0 fully saturated rings. The number of nitrogens with one attached hydrogen (secondary N) is 2. The van der Waals surface area contributed by atoms with Crippen LogP contribution in [0.4, 0.5) is 5.69 Å². The number of aryl methyl sites for hydroxylation is 1. The molecule has 0 aliphatic rings. The third kappa shape index (κ3) is 8.97. The van der Waals surface area contributed by atoms with Crippen LogP contribution in [0.1, 0.15) is 26.0 Å². The summed E-state index contributed by atoms with van der Waals surface area (Å²) in [7, 11) is 3.58. The van der Waals surface area contributed by atoms with Gasteiger partial charge < -0.3 is 24.8 Å². The second-order valence-electron chi connectivity index (χ2n) is 6.81. The van der Waals surface area contributed by atoms with Crippen molar-refractivity contribution in [2.75, 3.05) is 38.8 Å². The quantitative estimate of drug-likeness (QED) is 0.322. The Morgan fingerprint density at radius 3 is 2.59 bits per heavy atom. The molecule has 1 heterocycles. The lowest BCUT2D eigenvalue weighted by molar-refractivity contribution is 0.0699. The third-order valence-corrected chi connectivity index (χ3v) is 4.00. The smallest absolute Gasteiger partial charge is 0.196 e. The molecule has 0 aliphatic heterocycles. The minimum Gasteiger partial charge on any atom is -0.491 e. The van der Waals surface area contributed by atoms with E-state index in [0.29, 0.717) is 32.3 Å². The van der Waals surface area contributed by atoms with E-state index >= 15 is 0 Å². The Bertz CT molecular complexity index is 728. The van der Waals surface area contributed by atoms with Crippen molar-refractivity contribution in [1.82, 2.24) is 15.1 Å². The van der Waals surface area contributed by atoms with Crippen LogP contribution in [0.3, 0.4) is 0 Å². The van der Waals surface area contributed by atoms with Crippen LogP contribution >= 0.6 is 0 Å². The monoisotopic (exact) mass is 403 g/mol. The lowest BCUT2D eigenvalue weighted by Gasteiger charge is -2.14. The molecule has 0 bridgehead atoms. The first-order valence-corrected chi connectivity index (χ1v) is 9.94. The first kappa shape index (κ1) is 22.7. The highest BCUT2D eigenvalue weighted by Gasteiger charge is 2.04. The molecule has 0 atom stereocenters. The van der Waals surface area contributed by atoms with Gasteiger partial charge in [-0.05, 0) is 50.6 Å². The number of rotatable bonds is 12. The lowest BCUT2D eigenvalue weighted by atomic mass is 10.3. The highest BCUT2D eigenvalue weighted by molar-refractivity contribution is 5.93. The van der Waals surface area contributed by atoms with Gasteiger partial charge in [-0.1, -0.05) is 0 Å². The summed E-state index contributed by atoms with van der Waals surface area (Å²) in [4.78, 5) is 4.68. The summed E-state index contributed by atoms with van der Waals surface area (Å²) >= 11 is 0. The molecule has 8 heteroatoms. The van der Waals surface area contributed by atoms with Crippen molar-refractivity contribution in [2.24, 2.45) is 12.0 Å². The van der Waals surface area contributed by atoms with Crippen LogP contribution in [0, 0.1) is 0 Å². The second-order valence-corrected chi connectivity index (χ2v) is 6.81. The van der Waals surface area contributed by atoms with Crippen molar-refractivity contribution in [3.63, 3.8) is 0 Å². The van der Waals surface area contributed by atoms with Gasteiger partial charge in [-0.3, -0.25) is 4.68 Å². The molecule has 29 heavy (non-hydrogen) atoms. The number of hydrogen-bond donors (Lipinski definition) is 2. The number of nitrogens with zero attached hydrogens (tertiary/aromatic N) is 3. The number of aliphatic imine (C=N–C) groups is 1. The second kappa shape index (κ2) is 12.8. The maximum atomic E-state index is 5.70. The fourth-order valence-electron chi connectivity index (χ4n) is 2.51. The van der Waals surface area contributed by atoms with E-state index in [9.17, 15) is 0 Å². The van der Waals surface area contributed by atoms with E-state index in [4.69, 9.17) is 14.2 Å². The molecule has 2 N–H and O–H groups in total. The summed E-state index contributed by atoms with van der Waals surface area (Å²) in [5.41, 5.74) is 1.98. The van der Waals surface area contributed by atoms with Gasteiger partial charge >= 0.3 is 0 Å². The number of ether oxygens (including phenoxy) is 3. The van der Waals surface area contributed by atoms with Crippen LogP contribution in [0.15, 0.2) is 41.5 Å². The van der Waals surface area contributed by atoms with E-state index in [1.165, 1.54) is 0 Å². The van der Waals surface area contributed by atoms with Crippen LogP contribution in [0.5, 0.6) is 5.75 Å². The Labute approximate surface area is 173 Å². The third-order valence-electron chi connectivity index (χ3n) is 4.00. The molecule has 0 saturated heterocycles. The fourth-order valence-corrected chi connectivity index (χ4v) is 2.51. The van der Waals surface area contributed by atoms with Crippen molar-refractivity contribution >= 4 is 11.6 Å². The van der Waals surface area contributed by atoms with Crippen LogP contribution in [0.25, 0.3) is 0 Å². The number of methoxy groups -OCH3 is 1. The van der Waals surface area contributed by atoms with Crippen molar-refractivity contribution in [3.8, 4) is 5.75 Å². The molecule has 0 aliphatic carbocycles. The Morgan fingerprint density at radius 1 is 1.14 bits per heavy atom. The van der Waals surface area contributed by atoms with E-state index < -0.39 is 0 Å². The van der Waals surface area contributed by atoms with E-state index in [0.717, 1.165) is 30.1 Å². The highest BCUT2D eigenvalue weighted by atomic mass is 16.5. The molecule has 0 unspecified atom stereocenters. The Balaban J connectivity index is 1.91. The Hall–Kier alpha value is -2.58. The maximum Gasteiger partial charge on any atom is 0.196 e. The van der Waals surface area contributed by atoms with Gasteiger partial charge in [0.1, 0.15) is 5.75 Å². The van der Waals surface area contributed by atoms with Crippen LogP contribution in [0.2, 0.25) is 0 Å². The van der Waals surface area contributed by atoms with Gasteiger partial charge in [0, 0.05) is 39.2 Å². The molecular weight excluding hydrogens is 370 g/mol. The number of benzene rings is 1. The van der Waals surface area contributed by atoms with Gasteiger partial charge in [-0.2, -0.15) is 5.10 Å². The van der Waals surface area contributed by atoms with Crippen LogP contribution < -0.4 is 15.4 Å². The zero-order valence-corrected chi connectivity index (χ0v) is 17.9. The van der Waals surface area contributed by atoms with Crippen molar-refractivity contribution in [1.29, 1.82) is 0 Å². The van der Waals surface area contributed by atoms with Crippen molar-refractivity contribution < 1.29 is 14.2 Å². The van der Waals surface area contributed by atoms with Gasteiger partial charge in [-0.25, -0.2) is 4.99 Å². The van der Waals surface area contributed by atoms with Crippen LogP contribution in [-0.2, 0) is 23.1 Å². The average Bonchev–Trinajstić information content (AvgIpc) is 3.11. The van der Waals surface area contributed by atoms with E-state index in [2.05, 4.69) is 20.7 Å². The SMILES string of the molecule is COCCOCCCNC(=NCc1ccnn1C)Nc1ccc(OC(C)C)cc1. The average molecular weight is 404 g/mol. The van der Waals surface area contributed by atoms with Crippen molar-refractivity contribution in [3.05, 3.63) is 42.2 Å². The number of anilines is 1. The summed E-state index contributed by atoms with van der Waals surface area (Å²) in [6, 6.07) is 9.82. The number of hydrogen-bond acceptors (Lipinski definition) is 5. The molecule has 1 aromatic heterocycles. The van der Waals surface area contributed by atoms with Crippen molar-refractivity contribution in [2.45, 2.75) is 32.9 Å².